The fourth-order valence-electron chi connectivity index (χ4n) is 3.97. The van der Waals surface area contributed by atoms with E-state index in [1.165, 1.54) is 22.3 Å². The molecule has 0 aliphatic rings. The number of likely N-dealkylation sites (N-methyl/N-ethyl adjacent to an activating group) is 1. The molecule has 2 nitrogen and oxygen atoms in total. The molecule has 0 amide bonds. The molecular formula is C27H42N2. The van der Waals surface area contributed by atoms with E-state index in [2.05, 4.69) is 98.7 Å². The van der Waals surface area contributed by atoms with Crippen LogP contribution in [0.25, 0.3) is 0 Å². The number of aryl methyl sites for hydroxylation is 2. The molecule has 0 unspecified atom stereocenters. The number of nitrogens with zero attached hydrogens (tertiary/aromatic N) is 2. The zero-order chi connectivity index (χ0) is 22.4. The van der Waals surface area contributed by atoms with Gasteiger partial charge in [-0.15, -0.1) is 0 Å². The molecule has 0 heterocycles. The van der Waals surface area contributed by atoms with Gasteiger partial charge in [0, 0.05) is 25.2 Å². The van der Waals surface area contributed by atoms with Gasteiger partial charge in [0.2, 0.25) is 0 Å². The minimum absolute atomic E-state index is 0.0680. The third kappa shape index (κ3) is 5.95. The third-order valence-corrected chi connectivity index (χ3v) is 6.67. The summed E-state index contributed by atoms with van der Waals surface area (Å²) in [6.07, 6.45) is 5.60. The highest BCUT2D eigenvalue weighted by Crippen LogP contribution is 2.37. The number of rotatable bonds is 10. The van der Waals surface area contributed by atoms with E-state index in [1.54, 1.807) is 12.3 Å². The van der Waals surface area contributed by atoms with Crippen LogP contribution in [0.4, 0.5) is 0 Å². The Morgan fingerprint density at radius 2 is 1.86 bits per heavy atom. The van der Waals surface area contributed by atoms with Gasteiger partial charge in [-0.25, -0.2) is 0 Å². The number of hydrogen-bond donors (Lipinski definition) is 0. The summed E-state index contributed by atoms with van der Waals surface area (Å²) in [5.41, 5.74) is 7.37. The van der Waals surface area contributed by atoms with Crippen molar-refractivity contribution in [2.24, 2.45) is 10.4 Å². The fraction of sp³-hybridized carbons (Fsp3) is 0.519. The number of hydrogen-bond acceptors (Lipinski definition) is 2. The molecule has 0 saturated carbocycles. The second-order valence-electron chi connectivity index (χ2n) is 8.91. The normalized spacial score (nSPS) is 15.1. The molecule has 29 heavy (non-hydrogen) atoms. The first-order valence-corrected chi connectivity index (χ1v) is 10.9. The molecule has 1 aromatic rings. The maximum Gasteiger partial charge on any atom is 0.0851 e. The first-order chi connectivity index (χ1) is 13.5. The topological polar surface area (TPSA) is 15.6 Å². The van der Waals surface area contributed by atoms with E-state index in [0.717, 1.165) is 24.2 Å². The molecule has 0 saturated heterocycles. The predicted octanol–water partition coefficient (Wildman–Crippen LogP) is 7.60. The van der Waals surface area contributed by atoms with Crippen molar-refractivity contribution in [1.82, 2.24) is 4.90 Å². The van der Waals surface area contributed by atoms with Gasteiger partial charge in [-0.05, 0) is 55.7 Å². The molecule has 0 aliphatic heterocycles. The molecule has 2 atom stereocenters. The highest BCUT2D eigenvalue weighted by atomic mass is 15.2. The van der Waals surface area contributed by atoms with Gasteiger partial charge in [0.15, 0.2) is 0 Å². The second kappa shape index (κ2) is 10.6. The van der Waals surface area contributed by atoms with Gasteiger partial charge in [0.25, 0.3) is 0 Å². The molecule has 2 heteroatoms. The van der Waals surface area contributed by atoms with Crippen LogP contribution < -0.4 is 0 Å². The predicted molar refractivity (Wildman–Crippen MR) is 131 cm³/mol. The van der Waals surface area contributed by atoms with Crippen molar-refractivity contribution in [2.45, 2.75) is 80.2 Å². The zero-order valence-corrected chi connectivity index (χ0v) is 20.3. The molecule has 1 aromatic carbocycles. The van der Waals surface area contributed by atoms with Crippen molar-refractivity contribution in [1.29, 1.82) is 0 Å². The van der Waals surface area contributed by atoms with Crippen LogP contribution in [0, 0.1) is 19.3 Å². The van der Waals surface area contributed by atoms with E-state index in [9.17, 15) is 0 Å². The lowest BCUT2D eigenvalue weighted by Crippen LogP contribution is -2.35. The van der Waals surface area contributed by atoms with Crippen LogP contribution >= 0.6 is 0 Å². The summed E-state index contributed by atoms with van der Waals surface area (Å²) in [5.74, 6) is 0.395. The Labute approximate surface area is 180 Å². The molecule has 0 fully saturated rings. The molecule has 0 aliphatic carbocycles. The Morgan fingerprint density at radius 1 is 1.24 bits per heavy atom. The number of aliphatic imine (C=N–C) groups is 1. The molecule has 0 bridgehead atoms. The molecule has 1 rings (SSSR count). The van der Waals surface area contributed by atoms with E-state index in [-0.39, 0.29) is 5.41 Å². The lowest BCUT2D eigenvalue weighted by atomic mass is 9.81. The van der Waals surface area contributed by atoms with Crippen molar-refractivity contribution in [3.8, 4) is 0 Å². The summed E-state index contributed by atoms with van der Waals surface area (Å²) >= 11 is 0. The number of benzene rings is 1. The first-order valence-electron chi connectivity index (χ1n) is 10.9. The third-order valence-electron chi connectivity index (χ3n) is 6.67. The molecule has 0 N–H and O–H groups in total. The van der Waals surface area contributed by atoms with Crippen LogP contribution in [0.1, 0.15) is 77.0 Å². The van der Waals surface area contributed by atoms with Gasteiger partial charge >= 0.3 is 0 Å². The molecule has 160 valence electrons. The first kappa shape index (κ1) is 24.9. The maximum atomic E-state index is 4.75. The van der Waals surface area contributed by atoms with Crippen LogP contribution in [0.5, 0.6) is 0 Å². The summed E-state index contributed by atoms with van der Waals surface area (Å²) in [6, 6.07) is 7.12. The standard InChI is InChI=1S/C27H42N2/c1-12-17-28-26(22(7)27(9,10)14-3)23(8)29(11)25(13-2)21(6)24-16-15-19(4)18-20(24)5/h12,15-18,21,25H,1,8,13-14H2,2-7,9-11H3/b26-22+,28-17?/t21-,25-/m1/s1. The monoisotopic (exact) mass is 394 g/mol. The summed E-state index contributed by atoms with van der Waals surface area (Å²) in [5, 5.41) is 0. The van der Waals surface area contributed by atoms with Crippen molar-refractivity contribution in [2.75, 3.05) is 7.05 Å². The molecule has 0 spiro atoms. The van der Waals surface area contributed by atoms with Crippen molar-refractivity contribution in [3.63, 3.8) is 0 Å². The SMILES string of the molecule is C=CC=N/C(C(=C)N(C)[C@H](CC)[C@H](C)c1ccc(C)cc1C)=C(\C)C(C)(C)CC. The van der Waals surface area contributed by atoms with Crippen LogP contribution in [-0.2, 0) is 0 Å². The average molecular weight is 395 g/mol. The fourth-order valence-corrected chi connectivity index (χ4v) is 3.97. The summed E-state index contributed by atoms with van der Waals surface area (Å²) in [7, 11) is 2.16. The van der Waals surface area contributed by atoms with Crippen molar-refractivity contribution in [3.05, 3.63) is 71.1 Å². The highest BCUT2D eigenvalue weighted by molar-refractivity contribution is 5.72. The van der Waals surface area contributed by atoms with Gasteiger partial charge in [-0.3, -0.25) is 4.99 Å². The zero-order valence-electron chi connectivity index (χ0n) is 20.3. The number of allylic oxidation sites excluding steroid dienone is 2. The average Bonchev–Trinajstić information content (AvgIpc) is 2.68. The van der Waals surface area contributed by atoms with E-state index < -0.39 is 0 Å². The van der Waals surface area contributed by atoms with Gasteiger partial charge in [0.1, 0.15) is 0 Å². The largest absolute Gasteiger partial charge is 0.370 e. The molecule has 0 radical (unpaired) electrons. The Hall–Kier alpha value is -2.09. The Morgan fingerprint density at radius 3 is 2.34 bits per heavy atom. The van der Waals surface area contributed by atoms with Gasteiger partial charge in [-0.1, -0.05) is 77.6 Å². The van der Waals surface area contributed by atoms with Gasteiger partial charge in [-0.2, -0.15) is 0 Å². The van der Waals surface area contributed by atoms with Crippen molar-refractivity contribution < 1.29 is 0 Å². The smallest absolute Gasteiger partial charge is 0.0851 e. The lowest BCUT2D eigenvalue weighted by Gasteiger charge is -2.37. The second-order valence-corrected chi connectivity index (χ2v) is 8.91. The van der Waals surface area contributed by atoms with E-state index >= 15 is 0 Å². The van der Waals surface area contributed by atoms with E-state index in [0.29, 0.717) is 12.0 Å². The maximum absolute atomic E-state index is 4.75. The lowest BCUT2D eigenvalue weighted by molar-refractivity contribution is 0.264. The molecular weight excluding hydrogens is 352 g/mol. The minimum Gasteiger partial charge on any atom is -0.370 e. The van der Waals surface area contributed by atoms with Crippen molar-refractivity contribution >= 4 is 6.21 Å². The van der Waals surface area contributed by atoms with E-state index in [1.807, 2.05) is 0 Å². The minimum atomic E-state index is 0.0680. The van der Waals surface area contributed by atoms with Crippen LogP contribution in [-0.4, -0.2) is 24.2 Å². The van der Waals surface area contributed by atoms with Crippen LogP contribution in [0.3, 0.4) is 0 Å². The van der Waals surface area contributed by atoms with Gasteiger partial charge in [0.05, 0.1) is 11.4 Å². The summed E-state index contributed by atoms with van der Waals surface area (Å²) in [6.45, 7) is 26.2. The van der Waals surface area contributed by atoms with Crippen LogP contribution in [0.15, 0.2) is 59.4 Å². The summed E-state index contributed by atoms with van der Waals surface area (Å²) < 4.78 is 0. The van der Waals surface area contributed by atoms with Gasteiger partial charge < -0.3 is 4.90 Å². The summed E-state index contributed by atoms with van der Waals surface area (Å²) in [4.78, 5) is 7.08. The Bertz CT molecular complexity index is 780. The Balaban J connectivity index is 3.36. The quantitative estimate of drug-likeness (QED) is 0.295. The highest BCUT2D eigenvalue weighted by Gasteiger charge is 2.28. The van der Waals surface area contributed by atoms with E-state index in [4.69, 9.17) is 4.99 Å². The molecule has 0 aromatic heterocycles. The Kier molecular flexibility index (Phi) is 9.14. The van der Waals surface area contributed by atoms with Crippen LogP contribution in [0.2, 0.25) is 0 Å².